The fourth-order valence-electron chi connectivity index (χ4n) is 5.53. The first kappa shape index (κ1) is 13.7. The van der Waals surface area contributed by atoms with E-state index in [9.17, 15) is 2.74 Å². The zero-order chi connectivity index (χ0) is 37.4. The van der Waals surface area contributed by atoms with E-state index in [4.69, 9.17) is 22.5 Å². The molecule has 0 radical (unpaired) electrons. The molecule has 3 heteroatoms. The molecule has 0 aliphatic carbocycles. The normalized spacial score (nSPS) is 16.0. The van der Waals surface area contributed by atoms with E-state index in [1.807, 2.05) is 48.5 Å². The van der Waals surface area contributed by atoms with Crippen LogP contribution in [0.15, 0.2) is 148 Å². The number of furan rings is 2. The van der Waals surface area contributed by atoms with Crippen LogP contribution in [0.4, 0.5) is 17.1 Å². The Morgan fingerprint density at radius 3 is 2.15 bits per heavy atom. The molecule has 7 aromatic carbocycles. The van der Waals surface area contributed by atoms with Gasteiger partial charge in [-0.05, 0) is 88.1 Å². The maximum Gasteiger partial charge on any atom is 0.136 e. The Labute approximate surface area is 252 Å². The quantitative estimate of drug-likeness (QED) is 0.210. The summed E-state index contributed by atoms with van der Waals surface area (Å²) in [4.78, 5) is 1.19. The summed E-state index contributed by atoms with van der Waals surface area (Å²) in [6, 6.07) is 13.6. The molecule has 0 aliphatic rings. The molecule has 192 valence electrons. The van der Waals surface area contributed by atoms with Crippen molar-refractivity contribution in [2.45, 2.75) is 0 Å². The lowest BCUT2D eigenvalue weighted by Crippen LogP contribution is -2.09. The highest BCUT2D eigenvalue weighted by atomic mass is 16.3. The summed E-state index contributed by atoms with van der Waals surface area (Å²) < 4.78 is 116. The molecule has 0 N–H and O–H groups in total. The Balaban J connectivity index is 1.42. The van der Waals surface area contributed by atoms with Crippen LogP contribution in [0.5, 0.6) is 0 Å². The van der Waals surface area contributed by atoms with Crippen LogP contribution >= 0.6 is 0 Å². The van der Waals surface area contributed by atoms with E-state index in [-0.39, 0.29) is 39.0 Å². The fraction of sp³-hybridized carbons (Fsp3) is 0. The number of benzene rings is 7. The number of hydrogen-bond donors (Lipinski definition) is 0. The molecule has 0 saturated heterocycles. The van der Waals surface area contributed by atoms with Crippen molar-refractivity contribution in [1.82, 2.24) is 0 Å². The second-order valence-corrected chi connectivity index (χ2v) is 9.68. The number of nitrogens with zero attached hydrogens (tertiary/aromatic N) is 1. The summed E-state index contributed by atoms with van der Waals surface area (Å²) in [5.41, 5.74) is 0.278. The van der Waals surface area contributed by atoms with E-state index in [1.54, 1.807) is 18.2 Å². The van der Waals surface area contributed by atoms with Gasteiger partial charge >= 0.3 is 0 Å². The van der Waals surface area contributed by atoms with Crippen molar-refractivity contribution >= 4 is 82.5 Å². The minimum absolute atomic E-state index is 0.173. The molecule has 41 heavy (non-hydrogen) atoms. The van der Waals surface area contributed by atoms with Gasteiger partial charge in [0.05, 0.1) is 16.4 Å². The summed E-state index contributed by atoms with van der Waals surface area (Å²) in [5.74, 6) is 0. The number of rotatable bonds is 3. The standard InChI is InChI=1S/C38H23NO2/c1-2-8-26(9-3-1)39(28-18-19-37-33(22-28)29-10-4-6-12-35(29)40-37)27-17-16-24-14-15-25-20-38-34(23-32(25)31(24)21-27)30-11-5-7-13-36(30)41-38/h1-23H/i1D,2D,3D,4D,6D,8D,9D,10D,12D,18D,19D,22D. The van der Waals surface area contributed by atoms with Crippen LogP contribution in [0.2, 0.25) is 0 Å². The second kappa shape index (κ2) is 8.48. The topological polar surface area (TPSA) is 29.5 Å². The highest BCUT2D eigenvalue weighted by molar-refractivity contribution is 6.17. The third kappa shape index (κ3) is 3.39. The van der Waals surface area contributed by atoms with Crippen molar-refractivity contribution in [3.05, 3.63) is 139 Å². The predicted octanol–water partition coefficient (Wildman–Crippen LogP) is 11.3. The summed E-state index contributed by atoms with van der Waals surface area (Å²) >= 11 is 0. The largest absolute Gasteiger partial charge is 0.456 e. The summed E-state index contributed by atoms with van der Waals surface area (Å²) in [6.07, 6.45) is 0. The minimum Gasteiger partial charge on any atom is -0.456 e. The van der Waals surface area contributed by atoms with Gasteiger partial charge in [0, 0.05) is 38.6 Å². The van der Waals surface area contributed by atoms with Gasteiger partial charge in [0.1, 0.15) is 22.3 Å². The lowest BCUT2D eigenvalue weighted by molar-refractivity contribution is 0.668. The molecule has 0 bridgehead atoms. The maximum atomic E-state index is 9.51. The van der Waals surface area contributed by atoms with Gasteiger partial charge in [-0.25, -0.2) is 0 Å². The summed E-state index contributed by atoms with van der Waals surface area (Å²) in [5, 5.41) is 4.60. The molecule has 0 amide bonds. The van der Waals surface area contributed by atoms with Crippen molar-refractivity contribution in [3.8, 4) is 0 Å². The fourth-order valence-corrected chi connectivity index (χ4v) is 5.53. The van der Waals surface area contributed by atoms with Crippen LogP contribution in [0.3, 0.4) is 0 Å². The molecule has 0 fully saturated rings. The number of hydrogen-bond acceptors (Lipinski definition) is 3. The summed E-state index contributed by atoms with van der Waals surface area (Å²) in [6.45, 7) is 0. The van der Waals surface area contributed by atoms with Gasteiger partial charge in [0.2, 0.25) is 0 Å². The van der Waals surface area contributed by atoms with Gasteiger partial charge in [0.15, 0.2) is 0 Å². The van der Waals surface area contributed by atoms with Gasteiger partial charge in [-0.1, -0.05) is 72.7 Å². The van der Waals surface area contributed by atoms with Crippen molar-refractivity contribution in [1.29, 1.82) is 0 Å². The van der Waals surface area contributed by atoms with Crippen molar-refractivity contribution in [3.63, 3.8) is 0 Å². The zero-order valence-electron chi connectivity index (χ0n) is 33.1. The molecular formula is C38H23NO2. The molecule has 0 spiro atoms. The Kier molecular flexibility index (Phi) is 2.83. The van der Waals surface area contributed by atoms with E-state index in [2.05, 4.69) is 0 Å². The van der Waals surface area contributed by atoms with Gasteiger partial charge in [-0.15, -0.1) is 0 Å². The summed E-state index contributed by atoms with van der Waals surface area (Å²) in [7, 11) is 0. The Bertz CT molecular complexity index is 3090. The monoisotopic (exact) mass is 537 g/mol. The molecule has 0 aliphatic heterocycles. The average molecular weight is 538 g/mol. The van der Waals surface area contributed by atoms with Gasteiger partial charge in [0.25, 0.3) is 0 Å². The first-order valence-electron chi connectivity index (χ1n) is 18.9. The molecule has 0 saturated carbocycles. The lowest BCUT2D eigenvalue weighted by Gasteiger charge is -2.26. The predicted molar refractivity (Wildman–Crippen MR) is 171 cm³/mol. The molecule has 2 heterocycles. The van der Waals surface area contributed by atoms with Crippen LogP contribution in [0, 0.1) is 0 Å². The third-order valence-electron chi connectivity index (χ3n) is 7.38. The average Bonchev–Trinajstić information content (AvgIpc) is 3.74. The van der Waals surface area contributed by atoms with Crippen LogP contribution < -0.4 is 4.90 Å². The van der Waals surface area contributed by atoms with E-state index in [0.29, 0.717) is 11.0 Å². The molecular weight excluding hydrogens is 502 g/mol. The van der Waals surface area contributed by atoms with Crippen LogP contribution in [0.25, 0.3) is 65.4 Å². The molecule has 0 atom stereocenters. The first-order chi connectivity index (χ1) is 25.3. The Morgan fingerprint density at radius 2 is 1.20 bits per heavy atom. The van der Waals surface area contributed by atoms with Crippen molar-refractivity contribution in [2.24, 2.45) is 0 Å². The van der Waals surface area contributed by atoms with Crippen LogP contribution in [0.1, 0.15) is 16.4 Å². The third-order valence-corrected chi connectivity index (χ3v) is 7.38. The maximum absolute atomic E-state index is 9.51. The molecule has 9 rings (SSSR count). The second-order valence-electron chi connectivity index (χ2n) is 9.68. The highest BCUT2D eigenvalue weighted by Crippen LogP contribution is 2.41. The SMILES string of the molecule is [2H]c1c([2H])c([2H])c(N(c2ccc3ccc4cc5oc6ccccc6c5cc4c3c2)c2c([2H])c([2H])c3oc4c([2H])c([2H])c([2H])c([2H])c4c3c2[2H])c([2H])c1[2H]. The van der Waals surface area contributed by atoms with Gasteiger partial charge in [-0.3, -0.25) is 0 Å². The molecule has 0 unspecified atom stereocenters. The van der Waals surface area contributed by atoms with E-state index in [1.165, 1.54) is 4.90 Å². The van der Waals surface area contributed by atoms with Crippen LogP contribution in [-0.2, 0) is 0 Å². The first-order valence-corrected chi connectivity index (χ1v) is 12.9. The minimum atomic E-state index is -0.653. The van der Waals surface area contributed by atoms with Gasteiger partial charge in [-0.2, -0.15) is 0 Å². The Morgan fingerprint density at radius 1 is 0.439 bits per heavy atom. The van der Waals surface area contributed by atoms with E-state index >= 15 is 0 Å². The number of fused-ring (bicyclic) bond motifs is 9. The molecule has 3 nitrogen and oxygen atoms in total. The Hall–Kier alpha value is -5.54. The van der Waals surface area contributed by atoms with Crippen molar-refractivity contribution in [2.75, 3.05) is 4.90 Å². The molecule has 2 aromatic heterocycles. The smallest absolute Gasteiger partial charge is 0.136 e. The van der Waals surface area contributed by atoms with Crippen LogP contribution in [-0.4, -0.2) is 0 Å². The van der Waals surface area contributed by atoms with Crippen molar-refractivity contribution < 1.29 is 25.3 Å². The zero-order valence-corrected chi connectivity index (χ0v) is 21.1. The number of anilines is 3. The van der Waals surface area contributed by atoms with Gasteiger partial charge < -0.3 is 13.7 Å². The molecule has 9 aromatic rings. The van der Waals surface area contributed by atoms with E-state index in [0.717, 1.165) is 32.5 Å². The lowest BCUT2D eigenvalue weighted by atomic mass is 9.99. The highest BCUT2D eigenvalue weighted by Gasteiger charge is 2.17. The number of para-hydroxylation sites is 3. The van der Waals surface area contributed by atoms with E-state index < -0.39 is 72.5 Å².